The Morgan fingerprint density at radius 1 is 0.409 bits per heavy atom. The molecule has 2 unspecified atom stereocenters. The number of carbonyl (C=O) groups excluding carboxylic acids is 2. The van der Waals surface area contributed by atoms with Crippen LogP contribution in [0.25, 0.3) is 0 Å². The van der Waals surface area contributed by atoms with E-state index in [1.165, 1.54) is 250 Å². The summed E-state index contributed by atoms with van der Waals surface area (Å²) >= 11 is 0. The van der Waals surface area contributed by atoms with Gasteiger partial charge in [0.15, 0.2) is 0 Å². The van der Waals surface area contributed by atoms with Crippen molar-refractivity contribution in [2.24, 2.45) is 0 Å². The van der Waals surface area contributed by atoms with Gasteiger partial charge in [0.1, 0.15) is 0 Å². The normalized spacial score (nSPS) is 12.7. The van der Waals surface area contributed by atoms with Gasteiger partial charge in [-0.25, -0.2) is 0 Å². The van der Waals surface area contributed by atoms with Crippen LogP contribution in [0.5, 0.6) is 0 Å². The second-order valence-corrected chi connectivity index (χ2v) is 20.3. The zero-order valence-corrected chi connectivity index (χ0v) is 44.4. The first-order valence-corrected chi connectivity index (χ1v) is 29.6. The van der Waals surface area contributed by atoms with Gasteiger partial charge >= 0.3 is 5.97 Å². The van der Waals surface area contributed by atoms with Gasteiger partial charge < -0.3 is 20.3 Å². The molecule has 0 aromatic heterocycles. The van der Waals surface area contributed by atoms with E-state index in [9.17, 15) is 19.8 Å². The molecule has 0 saturated carbocycles. The number of hydrogen-bond donors (Lipinski definition) is 3. The number of allylic oxidation sites excluding steroid dienone is 3. The summed E-state index contributed by atoms with van der Waals surface area (Å²) in [6, 6.07) is -0.631. The van der Waals surface area contributed by atoms with Crippen molar-refractivity contribution in [3.8, 4) is 0 Å². The Morgan fingerprint density at radius 2 is 0.712 bits per heavy atom. The van der Waals surface area contributed by atoms with Crippen molar-refractivity contribution in [1.29, 1.82) is 0 Å². The standard InChI is InChI=1S/C60H115NO5/c1-3-5-7-9-11-13-15-17-19-21-26-30-34-38-42-46-50-54-60(65)66-55-51-47-43-39-35-31-27-23-20-22-25-29-33-37-41-45-49-53-59(64)61-57(56-62)58(63)52-48-44-40-36-32-28-24-18-16-14-12-10-8-6-4-2/h17,19,48,52,57-58,62-63H,3-16,18,20-47,49-51,53-56H2,1-2H3,(H,61,64)/b19-17-,52-48+. The van der Waals surface area contributed by atoms with Crippen LogP contribution < -0.4 is 5.32 Å². The van der Waals surface area contributed by atoms with Gasteiger partial charge in [-0.2, -0.15) is 0 Å². The van der Waals surface area contributed by atoms with E-state index >= 15 is 0 Å². The van der Waals surface area contributed by atoms with Gasteiger partial charge in [-0.3, -0.25) is 9.59 Å². The van der Waals surface area contributed by atoms with Crippen molar-refractivity contribution >= 4 is 11.9 Å². The van der Waals surface area contributed by atoms with Crippen LogP contribution in [0, 0.1) is 0 Å². The van der Waals surface area contributed by atoms with Gasteiger partial charge in [0.25, 0.3) is 0 Å². The average molecular weight is 931 g/mol. The van der Waals surface area contributed by atoms with Crippen molar-refractivity contribution in [2.45, 2.75) is 334 Å². The topological polar surface area (TPSA) is 95.9 Å². The Bertz CT molecular complexity index is 1030. The van der Waals surface area contributed by atoms with E-state index in [1.54, 1.807) is 6.08 Å². The molecular weight excluding hydrogens is 815 g/mol. The Labute approximate surface area is 411 Å². The van der Waals surface area contributed by atoms with E-state index in [4.69, 9.17) is 4.74 Å². The fourth-order valence-corrected chi connectivity index (χ4v) is 9.16. The van der Waals surface area contributed by atoms with E-state index in [2.05, 4.69) is 31.3 Å². The van der Waals surface area contributed by atoms with E-state index in [0.29, 0.717) is 19.4 Å². The number of nitrogens with one attached hydrogen (secondary N) is 1. The van der Waals surface area contributed by atoms with Crippen molar-refractivity contribution < 1.29 is 24.5 Å². The Hall–Kier alpha value is -1.66. The van der Waals surface area contributed by atoms with E-state index in [0.717, 1.165) is 44.9 Å². The molecular formula is C60H115NO5. The predicted molar refractivity (Wildman–Crippen MR) is 287 cm³/mol. The highest BCUT2D eigenvalue weighted by atomic mass is 16.5. The van der Waals surface area contributed by atoms with Gasteiger partial charge in [0.2, 0.25) is 5.91 Å². The molecule has 0 heterocycles. The molecule has 390 valence electrons. The van der Waals surface area contributed by atoms with Crippen LogP contribution in [0.1, 0.15) is 322 Å². The van der Waals surface area contributed by atoms with Crippen molar-refractivity contribution in [2.75, 3.05) is 13.2 Å². The van der Waals surface area contributed by atoms with Gasteiger partial charge in [-0.15, -0.1) is 0 Å². The highest BCUT2D eigenvalue weighted by Crippen LogP contribution is 2.17. The molecule has 0 radical (unpaired) electrons. The van der Waals surface area contributed by atoms with Crippen LogP contribution in [0.15, 0.2) is 24.3 Å². The molecule has 0 spiro atoms. The number of aliphatic hydroxyl groups is 2. The van der Waals surface area contributed by atoms with Crippen LogP contribution in [0.2, 0.25) is 0 Å². The van der Waals surface area contributed by atoms with Crippen molar-refractivity contribution in [3.63, 3.8) is 0 Å². The maximum atomic E-state index is 12.5. The molecule has 3 N–H and O–H groups in total. The van der Waals surface area contributed by atoms with Crippen LogP contribution in [-0.2, 0) is 14.3 Å². The fourth-order valence-electron chi connectivity index (χ4n) is 9.16. The highest BCUT2D eigenvalue weighted by Gasteiger charge is 2.18. The van der Waals surface area contributed by atoms with Crippen LogP contribution >= 0.6 is 0 Å². The Kier molecular flexibility index (Phi) is 54.5. The van der Waals surface area contributed by atoms with Crippen LogP contribution in [0.4, 0.5) is 0 Å². The summed E-state index contributed by atoms with van der Waals surface area (Å²) in [4.78, 5) is 24.5. The summed E-state index contributed by atoms with van der Waals surface area (Å²) in [5.74, 6) is -0.0706. The molecule has 0 aromatic carbocycles. The Balaban J connectivity index is 3.43. The number of amides is 1. The lowest BCUT2D eigenvalue weighted by molar-refractivity contribution is -0.143. The molecule has 0 saturated heterocycles. The Morgan fingerprint density at radius 3 is 1.08 bits per heavy atom. The number of ether oxygens (including phenoxy) is 1. The first kappa shape index (κ1) is 64.3. The molecule has 6 nitrogen and oxygen atoms in total. The van der Waals surface area contributed by atoms with Crippen molar-refractivity contribution in [3.05, 3.63) is 24.3 Å². The average Bonchev–Trinajstić information content (AvgIpc) is 3.32. The minimum Gasteiger partial charge on any atom is -0.466 e. The number of rotatable bonds is 55. The molecule has 0 aliphatic heterocycles. The zero-order chi connectivity index (χ0) is 47.9. The first-order chi connectivity index (χ1) is 32.5. The molecule has 66 heavy (non-hydrogen) atoms. The monoisotopic (exact) mass is 930 g/mol. The highest BCUT2D eigenvalue weighted by molar-refractivity contribution is 5.76. The number of hydrogen-bond acceptors (Lipinski definition) is 5. The quantitative estimate of drug-likeness (QED) is 0.0321. The van der Waals surface area contributed by atoms with Crippen molar-refractivity contribution in [1.82, 2.24) is 5.32 Å². The molecule has 0 aliphatic carbocycles. The SMILES string of the molecule is CCCCCCCC/C=C\CCCCCCCCCC(=O)OCCCCCCCCCCCCCCCCCCCC(=O)NC(CO)C(O)/C=C/CCCCCCCCCCCCCCC. The molecule has 0 fully saturated rings. The number of carbonyl (C=O) groups is 2. The van der Waals surface area contributed by atoms with Crippen LogP contribution in [-0.4, -0.2) is 47.4 Å². The molecule has 0 bridgehead atoms. The molecule has 2 atom stereocenters. The summed E-state index contributed by atoms with van der Waals surface area (Å²) in [7, 11) is 0. The summed E-state index contributed by atoms with van der Waals surface area (Å²) in [6.07, 6.45) is 67.7. The first-order valence-electron chi connectivity index (χ1n) is 29.6. The summed E-state index contributed by atoms with van der Waals surface area (Å²) in [5, 5.41) is 23.1. The second kappa shape index (κ2) is 55.9. The third-order valence-corrected chi connectivity index (χ3v) is 13.7. The summed E-state index contributed by atoms with van der Waals surface area (Å²) in [6.45, 7) is 4.90. The second-order valence-electron chi connectivity index (χ2n) is 20.3. The number of unbranched alkanes of at least 4 members (excludes halogenated alkanes) is 42. The maximum absolute atomic E-state index is 12.5. The predicted octanol–water partition coefficient (Wildman–Crippen LogP) is 18.2. The van der Waals surface area contributed by atoms with Gasteiger partial charge in [0.05, 0.1) is 25.4 Å². The fraction of sp³-hybridized carbons (Fsp3) is 0.900. The van der Waals surface area contributed by atoms with Gasteiger partial charge in [0, 0.05) is 12.8 Å². The maximum Gasteiger partial charge on any atom is 0.305 e. The van der Waals surface area contributed by atoms with Gasteiger partial charge in [-0.1, -0.05) is 276 Å². The smallest absolute Gasteiger partial charge is 0.305 e. The van der Waals surface area contributed by atoms with Gasteiger partial charge in [-0.05, 0) is 57.8 Å². The summed E-state index contributed by atoms with van der Waals surface area (Å²) in [5.41, 5.74) is 0. The van der Waals surface area contributed by atoms with E-state index < -0.39 is 12.1 Å². The van der Waals surface area contributed by atoms with E-state index in [1.807, 2.05) is 6.08 Å². The third kappa shape index (κ3) is 51.7. The largest absolute Gasteiger partial charge is 0.466 e. The zero-order valence-electron chi connectivity index (χ0n) is 44.4. The number of esters is 1. The molecule has 0 aromatic rings. The van der Waals surface area contributed by atoms with Crippen LogP contribution in [0.3, 0.4) is 0 Å². The summed E-state index contributed by atoms with van der Waals surface area (Å²) < 4.78 is 5.48. The third-order valence-electron chi connectivity index (χ3n) is 13.7. The molecule has 6 heteroatoms. The molecule has 1 amide bonds. The minimum atomic E-state index is -0.848. The minimum absolute atomic E-state index is 0.00138. The molecule has 0 rings (SSSR count). The number of aliphatic hydroxyl groups excluding tert-OH is 2. The van der Waals surface area contributed by atoms with E-state index in [-0.39, 0.29) is 18.5 Å². The lowest BCUT2D eigenvalue weighted by atomic mass is 10.0. The molecule has 0 aliphatic rings. The lowest BCUT2D eigenvalue weighted by Gasteiger charge is -2.20. The lowest BCUT2D eigenvalue weighted by Crippen LogP contribution is -2.45.